The molecule has 0 radical (unpaired) electrons. The average molecular weight is 520 g/mol. The zero-order valence-electron chi connectivity index (χ0n) is 20.9. The minimum Gasteiger partial charge on any atom is -0.352 e. The number of Topliss-reactive ketones (excluding diaryl/α,β-unsaturated/α-hetero) is 1. The minimum absolute atomic E-state index is 0.0697. The lowest BCUT2D eigenvalue weighted by molar-refractivity contribution is 0.102. The van der Waals surface area contributed by atoms with Crippen molar-refractivity contribution < 1.29 is 4.79 Å². The van der Waals surface area contributed by atoms with Crippen molar-refractivity contribution in [2.45, 2.75) is 26.3 Å². The Morgan fingerprint density at radius 1 is 0.974 bits per heavy atom. The zero-order valence-corrected chi connectivity index (χ0v) is 21.7. The fourth-order valence-corrected chi connectivity index (χ4v) is 6.17. The molecule has 9 heteroatoms. The third kappa shape index (κ3) is 4.09. The van der Waals surface area contributed by atoms with Crippen LogP contribution in [0, 0.1) is 0 Å². The van der Waals surface area contributed by atoms with E-state index in [1.807, 2.05) is 43.1 Å². The second-order valence-electron chi connectivity index (χ2n) is 9.80. The van der Waals surface area contributed by atoms with Crippen LogP contribution in [-0.4, -0.2) is 53.9 Å². The molecular weight excluding hydrogens is 494 g/mol. The van der Waals surface area contributed by atoms with E-state index in [2.05, 4.69) is 48.2 Å². The first-order valence-electron chi connectivity index (χ1n) is 12.7. The van der Waals surface area contributed by atoms with Crippen LogP contribution in [0.5, 0.6) is 0 Å². The maximum atomic E-state index is 11.8. The topological polar surface area (TPSA) is 103 Å². The Balaban J connectivity index is 1.27. The molecule has 0 saturated carbocycles. The summed E-state index contributed by atoms with van der Waals surface area (Å²) >= 11 is 1.49. The molecule has 1 aliphatic heterocycles. The lowest BCUT2D eigenvalue weighted by Crippen LogP contribution is -2.18. The molecule has 0 aliphatic carbocycles. The average Bonchev–Trinajstić information content (AvgIpc) is 3.74. The van der Waals surface area contributed by atoms with E-state index in [-0.39, 0.29) is 5.78 Å². The number of fused-ring (bicyclic) bond motifs is 2. The molecule has 38 heavy (non-hydrogen) atoms. The van der Waals surface area contributed by atoms with Gasteiger partial charge in [-0.3, -0.25) is 29.7 Å². The Hall–Kier alpha value is -4.21. The van der Waals surface area contributed by atoms with Crippen LogP contribution in [0.1, 0.15) is 35.0 Å². The molecule has 6 aromatic rings. The molecule has 1 saturated heterocycles. The summed E-state index contributed by atoms with van der Waals surface area (Å²) in [7, 11) is 0. The van der Waals surface area contributed by atoms with Crippen LogP contribution >= 0.6 is 11.3 Å². The van der Waals surface area contributed by atoms with E-state index in [0.717, 1.165) is 79.4 Å². The molecule has 0 spiro atoms. The van der Waals surface area contributed by atoms with E-state index < -0.39 is 0 Å². The normalized spacial score (nSPS) is 14.1. The van der Waals surface area contributed by atoms with Gasteiger partial charge in [0.15, 0.2) is 5.78 Å². The molecule has 1 fully saturated rings. The number of likely N-dealkylation sites (tertiary alicyclic amines) is 1. The minimum atomic E-state index is 0.0697. The van der Waals surface area contributed by atoms with Gasteiger partial charge in [-0.15, -0.1) is 11.3 Å². The first kappa shape index (κ1) is 22.9. The summed E-state index contributed by atoms with van der Waals surface area (Å²) in [5.74, 6) is 0.0697. The van der Waals surface area contributed by atoms with E-state index in [1.54, 1.807) is 6.92 Å². The summed E-state index contributed by atoms with van der Waals surface area (Å²) in [6, 6.07) is 10.2. The molecule has 188 valence electrons. The quantitative estimate of drug-likeness (QED) is 0.258. The third-order valence-corrected chi connectivity index (χ3v) is 8.38. The fraction of sp³-hybridized carbons (Fsp3) is 0.207. The van der Waals surface area contributed by atoms with Crippen molar-refractivity contribution in [2.75, 3.05) is 13.1 Å². The van der Waals surface area contributed by atoms with E-state index in [1.165, 1.54) is 29.7 Å². The first-order chi connectivity index (χ1) is 18.6. The second kappa shape index (κ2) is 9.27. The van der Waals surface area contributed by atoms with Crippen LogP contribution in [0.25, 0.3) is 54.9 Å². The lowest BCUT2D eigenvalue weighted by Gasteiger charge is -2.14. The van der Waals surface area contributed by atoms with Crippen molar-refractivity contribution in [1.82, 2.24) is 35.0 Å². The number of carbonyl (C=O) groups excluding carboxylic acids is 1. The van der Waals surface area contributed by atoms with Crippen LogP contribution in [-0.2, 0) is 6.54 Å². The molecule has 8 nitrogen and oxygen atoms in total. The summed E-state index contributed by atoms with van der Waals surface area (Å²) in [5.41, 5.74) is 7.55. The Bertz CT molecular complexity index is 1810. The number of H-pyrrole nitrogens is 2. The van der Waals surface area contributed by atoms with E-state index in [4.69, 9.17) is 4.98 Å². The molecule has 0 amide bonds. The van der Waals surface area contributed by atoms with Gasteiger partial charge in [0.2, 0.25) is 0 Å². The number of nitrogens with one attached hydrogen (secondary N) is 2. The summed E-state index contributed by atoms with van der Waals surface area (Å²) < 4.78 is 0. The van der Waals surface area contributed by atoms with Crippen LogP contribution < -0.4 is 0 Å². The predicted octanol–water partition coefficient (Wildman–Crippen LogP) is 6.09. The monoisotopic (exact) mass is 519 g/mol. The van der Waals surface area contributed by atoms with E-state index >= 15 is 0 Å². The standard InChI is InChI=1S/C29H25N7OS/c1-17(37)27-4-5-28(38-27)22-13-31-14-25-20(22)9-24(33-25)29-21-10-23(32-15-26(21)34-35-29)19-8-18(11-30-12-19)16-36-6-2-3-7-36/h4-5,8-15,33H,2-3,6-7,16H2,1H3,(H,34,35). The van der Waals surface area contributed by atoms with Gasteiger partial charge < -0.3 is 4.98 Å². The maximum absolute atomic E-state index is 11.8. The summed E-state index contributed by atoms with van der Waals surface area (Å²) in [4.78, 5) is 33.2. The molecule has 6 aromatic heterocycles. The lowest BCUT2D eigenvalue weighted by atomic mass is 10.1. The number of hydrogen-bond acceptors (Lipinski definition) is 7. The number of ketones is 1. The Morgan fingerprint density at radius 3 is 2.68 bits per heavy atom. The van der Waals surface area contributed by atoms with Gasteiger partial charge in [0.25, 0.3) is 0 Å². The summed E-state index contributed by atoms with van der Waals surface area (Å²) in [5, 5.41) is 9.78. The number of nitrogens with zero attached hydrogens (tertiary/aromatic N) is 5. The first-order valence-corrected chi connectivity index (χ1v) is 13.5. The van der Waals surface area contributed by atoms with Crippen molar-refractivity contribution in [2.24, 2.45) is 0 Å². The molecule has 0 bridgehead atoms. The van der Waals surface area contributed by atoms with Gasteiger partial charge in [0, 0.05) is 51.9 Å². The molecular formula is C29H25N7OS. The van der Waals surface area contributed by atoms with Crippen molar-refractivity contribution >= 4 is 38.9 Å². The molecule has 0 unspecified atom stereocenters. The maximum Gasteiger partial charge on any atom is 0.169 e. The largest absolute Gasteiger partial charge is 0.352 e. The van der Waals surface area contributed by atoms with E-state index in [0.29, 0.717) is 0 Å². The van der Waals surface area contributed by atoms with E-state index in [9.17, 15) is 4.79 Å². The molecule has 1 aliphatic rings. The highest BCUT2D eigenvalue weighted by atomic mass is 32.1. The van der Waals surface area contributed by atoms with Gasteiger partial charge in [0.05, 0.1) is 39.7 Å². The molecule has 0 aromatic carbocycles. The van der Waals surface area contributed by atoms with Crippen molar-refractivity contribution in [1.29, 1.82) is 0 Å². The number of thiophene rings is 1. The highest BCUT2D eigenvalue weighted by Gasteiger charge is 2.17. The molecule has 7 heterocycles. The van der Waals surface area contributed by atoms with Crippen LogP contribution in [0.2, 0.25) is 0 Å². The summed E-state index contributed by atoms with van der Waals surface area (Å²) in [6.07, 6.45) is 11.9. The highest BCUT2D eigenvalue weighted by Crippen LogP contribution is 2.36. The number of aromatic amines is 2. The van der Waals surface area contributed by atoms with Gasteiger partial charge >= 0.3 is 0 Å². The van der Waals surface area contributed by atoms with Crippen LogP contribution in [0.15, 0.2) is 61.3 Å². The van der Waals surface area contributed by atoms with Gasteiger partial charge in [-0.25, -0.2) is 0 Å². The van der Waals surface area contributed by atoms with Crippen molar-refractivity contribution in [3.8, 4) is 33.1 Å². The predicted molar refractivity (Wildman–Crippen MR) is 150 cm³/mol. The molecule has 7 rings (SSSR count). The number of carbonyl (C=O) groups is 1. The van der Waals surface area contributed by atoms with Gasteiger partial charge in [-0.1, -0.05) is 0 Å². The Labute approximate surface area is 222 Å². The van der Waals surface area contributed by atoms with Gasteiger partial charge in [-0.2, -0.15) is 5.10 Å². The third-order valence-electron chi connectivity index (χ3n) is 7.16. The second-order valence-corrected chi connectivity index (χ2v) is 10.9. The van der Waals surface area contributed by atoms with Gasteiger partial charge in [0.1, 0.15) is 5.69 Å². The Morgan fingerprint density at radius 2 is 1.84 bits per heavy atom. The highest BCUT2D eigenvalue weighted by molar-refractivity contribution is 7.17. The van der Waals surface area contributed by atoms with Crippen molar-refractivity contribution in [3.63, 3.8) is 0 Å². The summed E-state index contributed by atoms with van der Waals surface area (Å²) in [6.45, 7) is 4.82. The number of pyridine rings is 3. The van der Waals surface area contributed by atoms with Crippen LogP contribution in [0.4, 0.5) is 0 Å². The zero-order chi connectivity index (χ0) is 25.6. The molecule has 2 N–H and O–H groups in total. The Kier molecular flexibility index (Phi) is 5.60. The van der Waals surface area contributed by atoms with Crippen molar-refractivity contribution in [3.05, 3.63) is 71.8 Å². The number of aromatic nitrogens is 6. The fourth-order valence-electron chi connectivity index (χ4n) is 5.24. The van der Waals surface area contributed by atoms with Crippen LogP contribution in [0.3, 0.4) is 0 Å². The van der Waals surface area contributed by atoms with Gasteiger partial charge in [-0.05, 0) is 68.8 Å². The number of rotatable bonds is 6. The number of hydrogen-bond donors (Lipinski definition) is 2. The SMILES string of the molecule is CC(=O)c1ccc(-c2cncc3[nH]c(-c4n[nH]c5cnc(-c6cncc(CN7CCCC7)c6)cc45)cc23)s1. The smallest absolute Gasteiger partial charge is 0.169 e. The molecule has 0 atom stereocenters.